The molecule has 2 rings (SSSR count). The Morgan fingerprint density at radius 2 is 1.56 bits per heavy atom. The van der Waals surface area contributed by atoms with Gasteiger partial charge in [0.1, 0.15) is 0 Å². The molecule has 0 unspecified atom stereocenters. The average molecular weight is 224 g/mol. The molecule has 2 aliphatic rings. The largest absolute Gasteiger partial charge is 0.314 e. The number of nitrogens with one attached hydrogen (secondary N) is 1. The van der Waals surface area contributed by atoms with Crippen molar-refractivity contribution in [2.75, 3.05) is 26.7 Å². The van der Waals surface area contributed by atoms with Gasteiger partial charge in [-0.05, 0) is 56.3 Å². The van der Waals surface area contributed by atoms with Crippen molar-refractivity contribution >= 4 is 0 Å². The van der Waals surface area contributed by atoms with Gasteiger partial charge in [-0.3, -0.25) is 0 Å². The summed E-state index contributed by atoms with van der Waals surface area (Å²) >= 11 is 0. The third-order valence-electron chi connectivity index (χ3n) is 5.65. The van der Waals surface area contributed by atoms with Crippen LogP contribution in [-0.4, -0.2) is 37.6 Å². The zero-order valence-electron chi connectivity index (χ0n) is 11.6. The van der Waals surface area contributed by atoms with Crippen molar-refractivity contribution in [3.05, 3.63) is 0 Å². The normalized spacial score (nSPS) is 30.6. The van der Waals surface area contributed by atoms with Gasteiger partial charge in [-0.2, -0.15) is 0 Å². The number of hydrogen-bond donors (Lipinski definition) is 1. The van der Waals surface area contributed by atoms with Crippen molar-refractivity contribution in [3.63, 3.8) is 0 Å². The minimum absolute atomic E-state index is 0.533. The predicted molar refractivity (Wildman–Crippen MR) is 69.6 cm³/mol. The van der Waals surface area contributed by atoms with Gasteiger partial charge in [0.15, 0.2) is 0 Å². The summed E-state index contributed by atoms with van der Waals surface area (Å²) < 4.78 is 0. The monoisotopic (exact) mass is 224 g/mol. The molecule has 0 atom stereocenters. The van der Waals surface area contributed by atoms with Gasteiger partial charge >= 0.3 is 0 Å². The second-order valence-electron chi connectivity index (χ2n) is 6.98. The summed E-state index contributed by atoms with van der Waals surface area (Å²) in [7, 11) is 2.23. The first-order chi connectivity index (χ1) is 7.35. The SMILES string of the molecule is CN1CCC(NCC2C(C)(C)C2(C)C)CC1. The van der Waals surface area contributed by atoms with Crippen molar-refractivity contribution in [1.29, 1.82) is 0 Å². The molecule has 0 amide bonds. The predicted octanol–water partition coefficient (Wildman–Crippen LogP) is 2.35. The highest BCUT2D eigenvalue weighted by Crippen LogP contribution is 2.67. The topological polar surface area (TPSA) is 15.3 Å². The Kier molecular flexibility index (Phi) is 3.09. The van der Waals surface area contributed by atoms with Crippen LogP contribution in [0.4, 0.5) is 0 Å². The maximum Gasteiger partial charge on any atom is 0.00915 e. The molecule has 0 aromatic rings. The first-order valence-electron chi connectivity index (χ1n) is 6.77. The molecule has 0 bridgehead atoms. The molecule has 1 aliphatic heterocycles. The highest BCUT2D eigenvalue weighted by Gasteiger charge is 2.63. The third kappa shape index (κ3) is 2.02. The van der Waals surface area contributed by atoms with Crippen LogP contribution in [0.1, 0.15) is 40.5 Å². The number of rotatable bonds is 3. The molecule has 1 heterocycles. The van der Waals surface area contributed by atoms with E-state index in [2.05, 4.69) is 45.0 Å². The van der Waals surface area contributed by atoms with Crippen molar-refractivity contribution in [3.8, 4) is 0 Å². The fraction of sp³-hybridized carbons (Fsp3) is 1.00. The molecule has 0 aromatic heterocycles. The Bertz CT molecular complexity index is 235. The summed E-state index contributed by atoms with van der Waals surface area (Å²) in [5, 5.41) is 3.79. The molecule has 1 aliphatic carbocycles. The fourth-order valence-electron chi connectivity index (χ4n) is 3.34. The Morgan fingerprint density at radius 3 is 2.00 bits per heavy atom. The van der Waals surface area contributed by atoms with Gasteiger partial charge in [0.2, 0.25) is 0 Å². The fourth-order valence-corrected chi connectivity index (χ4v) is 3.34. The summed E-state index contributed by atoms with van der Waals surface area (Å²) in [6, 6.07) is 0.767. The van der Waals surface area contributed by atoms with E-state index in [9.17, 15) is 0 Å². The minimum atomic E-state index is 0.533. The third-order valence-corrected chi connectivity index (χ3v) is 5.65. The van der Waals surface area contributed by atoms with Crippen LogP contribution in [0.5, 0.6) is 0 Å². The zero-order chi connectivity index (χ0) is 12.0. The summed E-state index contributed by atoms with van der Waals surface area (Å²) in [5.74, 6) is 0.861. The van der Waals surface area contributed by atoms with E-state index in [1.807, 2.05) is 0 Å². The lowest BCUT2D eigenvalue weighted by molar-refractivity contribution is 0.232. The summed E-state index contributed by atoms with van der Waals surface area (Å²) in [6.07, 6.45) is 2.65. The van der Waals surface area contributed by atoms with Crippen LogP contribution < -0.4 is 5.32 Å². The van der Waals surface area contributed by atoms with Gasteiger partial charge in [0.25, 0.3) is 0 Å². The van der Waals surface area contributed by atoms with E-state index in [1.165, 1.54) is 32.5 Å². The first-order valence-corrected chi connectivity index (χ1v) is 6.77. The van der Waals surface area contributed by atoms with Crippen LogP contribution in [0.25, 0.3) is 0 Å². The number of nitrogens with zero attached hydrogens (tertiary/aromatic N) is 1. The quantitative estimate of drug-likeness (QED) is 0.791. The molecule has 1 saturated heterocycles. The molecule has 0 spiro atoms. The lowest BCUT2D eigenvalue weighted by atomic mass is 10.0. The molecule has 1 N–H and O–H groups in total. The molecule has 0 radical (unpaired) electrons. The van der Waals surface area contributed by atoms with Gasteiger partial charge in [-0.1, -0.05) is 27.7 Å². The standard InChI is InChI=1S/C14H28N2/c1-13(2)12(14(13,3)4)10-15-11-6-8-16(5)9-7-11/h11-12,15H,6-10H2,1-5H3. The van der Waals surface area contributed by atoms with E-state index < -0.39 is 0 Å². The van der Waals surface area contributed by atoms with Crippen molar-refractivity contribution in [1.82, 2.24) is 10.2 Å². The number of hydrogen-bond acceptors (Lipinski definition) is 2. The lowest BCUT2D eigenvalue weighted by Gasteiger charge is -2.29. The summed E-state index contributed by atoms with van der Waals surface area (Å²) in [5.41, 5.74) is 1.07. The number of piperidine rings is 1. The smallest absolute Gasteiger partial charge is 0.00915 e. The van der Waals surface area contributed by atoms with E-state index in [-0.39, 0.29) is 0 Å². The molecule has 1 saturated carbocycles. The maximum atomic E-state index is 3.79. The molecule has 2 fully saturated rings. The van der Waals surface area contributed by atoms with Crippen LogP contribution in [0.2, 0.25) is 0 Å². The van der Waals surface area contributed by atoms with E-state index in [0.717, 1.165) is 12.0 Å². The van der Waals surface area contributed by atoms with E-state index in [0.29, 0.717) is 10.8 Å². The van der Waals surface area contributed by atoms with Gasteiger partial charge in [0.05, 0.1) is 0 Å². The highest BCUT2D eigenvalue weighted by atomic mass is 15.1. The van der Waals surface area contributed by atoms with Crippen LogP contribution in [0.3, 0.4) is 0 Å². The average Bonchev–Trinajstić information content (AvgIpc) is 2.58. The molecular formula is C14H28N2. The van der Waals surface area contributed by atoms with E-state index >= 15 is 0 Å². The Morgan fingerprint density at radius 1 is 1.06 bits per heavy atom. The Balaban J connectivity index is 1.73. The van der Waals surface area contributed by atoms with Gasteiger partial charge in [-0.15, -0.1) is 0 Å². The molecule has 16 heavy (non-hydrogen) atoms. The molecular weight excluding hydrogens is 196 g/mol. The lowest BCUT2D eigenvalue weighted by Crippen LogP contribution is -2.41. The maximum absolute atomic E-state index is 3.79. The van der Waals surface area contributed by atoms with Crippen LogP contribution in [0, 0.1) is 16.7 Å². The molecule has 94 valence electrons. The summed E-state index contributed by atoms with van der Waals surface area (Å²) in [4.78, 5) is 2.43. The van der Waals surface area contributed by atoms with Gasteiger partial charge in [-0.25, -0.2) is 0 Å². The Hall–Kier alpha value is -0.0800. The molecule has 2 nitrogen and oxygen atoms in total. The second kappa shape index (κ2) is 3.99. The van der Waals surface area contributed by atoms with Gasteiger partial charge < -0.3 is 10.2 Å². The van der Waals surface area contributed by atoms with E-state index in [1.54, 1.807) is 0 Å². The van der Waals surface area contributed by atoms with Crippen molar-refractivity contribution < 1.29 is 0 Å². The van der Waals surface area contributed by atoms with Gasteiger partial charge in [0, 0.05) is 6.04 Å². The summed E-state index contributed by atoms with van der Waals surface area (Å²) in [6.45, 7) is 13.4. The van der Waals surface area contributed by atoms with Crippen LogP contribution >= 0.6 is 0 Å². The number of likely N-dealkylation sites (tertiary alicyclic amines) is 1. The highest BCUT2D eigenvalue weighted by molar-refractivity contribution is 5.13. The van der Waals surface area contributed by atoms with Crippen molar-refractivity contribution in [2.45, 2.75) is 46.6 Å². The van der Waals surface area contributed by atoms with E-state index in [4.69, 9.17) is 0 Å². The van der Waals surface area contributed by atoms with Crippen LogP contribution in [0.15, 0.2) is 0 Å². The van der Waals surface area contributed by atoms with Crippen LogP contribution in [-0.2, 0) is 0 Å². The minimum Gasteiger partial charge on any atom is -0.314 e. The Labute approximate surface area is 101 Å². The molecule has 2 heteroatoms. The van der Waals surface area contributed by atoms with Crippen molar-refractivity contribution in [2.24, 2.45) is 16.7 Å². The molecule has 0 aromatic carbocycles. The zero-order valence-corrected chi connectivity index (χ0v) is 11.6. The first kappa shape index (κ1) is 12.4. The second-order valence-corrected chi connectivity index (χ2v) is 6.98.